The van der Waals surface area contributed by atoms with Crippen LogP contribution in [0.5, 0.6) is 0 Å². The van der Waals surface area contributed by atoms with Gasteiger partial charge in [0.15, 0.2) is 0 Å². The zero-order chi connectivity index (χ0) is 9.52. The van der Waals surface area contributed by atoms with Crippen molar-refractivity contribution >= 4 is 11.8 Å². The van der Waals surface area contributed by atoms with E-state index in [1.165, 1.54) is 0 Å². The molecular formula is C10H15NOS. The molecule has 1 unspecified atom stereocenters. The fraction of sp³-hybridized carbons (Fsp3) is 0.500. The fourth-order valence-electron chi connectivity index (χ4n) is 1.15. The van der Waals surface area contributed by atoms with Gasteiger partial charge >= 0.3 is 0 Å². The number of hydrogen-bond donors (Lipinski definition) is 1. The SMILES string of the molecule is CSCCC(O)Cc1cccnc1. The van der Waals surface area contributed by atoms with Gasteiger partial charge in [-0.15, -0.1) is 0 Å². The van der Waals surface area contributed by atoms with Crippen molar-refractivity contribution in [1.82, 2.24) is 4.98 Å². The van der Waals surface area contributed by atoms with Crippen molar-refractivity contribution in [2.75, 3.05) is 12.0 Å². The van der Waals surface area contributed by atoms with Crippen molar-refractivity contribution in [3.05, 3.63) is 30.1 Å². The van der Waals surface area contributed by atoms with Crippen molar-refractivity contribution in [2.24, 2.45) is 0 Å². The first-order chi connectivity index (χ1) is 6.33. The summed E-state index contributed by atoms with van der Waals surface area (Å²) in [7, 11) is 0. The Bertz CT molecular complexity index is 228. The molecule has 0 radical (unpaired) electrons. The summed E-state index contributed by atoms with van der Waals surface area (Å²) in [5.41, 5.74) is 1.11. The lowest BCUT2D eigenvalue weighted by atomic mass is 10.1. The van der Waals surface area contributed by atoms with E-state index >= 15 is 0 Å². The van der Waals surface area contributed by atoms with E-state index in [0.717, 1.165) is 17.7 Å². The van der Waals surface area contributed by atoms with Gasteiger partial charge in [-0.1, -0.05) is 6.07 Å². The van der Waals surface area contributed by atoms with E-state index in [4.69, 9.17) is 0 Å². The number of rotatable bonds is 5. The molecule has 2 nitrogen and oxygen atoms in total. The van der Waals surface area contributed by atoms with Gasteiger partial charge in [0, 0.05) is 12.4 Å². The largest absolute Gasteiger partial charge is 0.393 e. The Hall–Kier alpha value is -0.540. The minimum absolute atomic E-state index is 0.225. The van der Waals surface area contributed by atoms with Gasteiger partial charge in [0.1, 0.15) is 0 Å². The molecule has 3 heteroatoms. The van der Waals surface area contributed by atoms with Crippen LogP contribution in [0.2, 0.25) is 0 Å². The second kappa shape index (κ2) is 6.00. The maximum Gasteiger partial charge on any atom is 0.0589 e. The first-order valence-corrected chi connectivity index (χ1v) is 5.78. The Balaban J connectivity index is 2.32. The van der Waals surface area contributed by atoms with Crippen molar-refractivity contribution in [2.45, 2.75) is 18.9 Å². The molecular weight excluding hydrogens is 182 g/mol. The molecule has 1 N–H and O–H groups in total. The number of aliphatic hydroxyl groups is 1. The molecule has 1 rings (SSSR count). The standard InChI is InChI=1S/C10H15NOS/c1-13-6-4-10(12)7-9-3-2-5-11-8-9/h2-3,5,8,10,12H,4,6-7H2,1H3. The van der Waals surface area contributed by atoms with E-state index in [-0.39, 0.29) is 6.10 Å². The first kappa shape index (κ1) is 10.5. The van der Waals surface area contributed by atoms with Crippen molar-refractivity contribution in [3.8, 4) is 0 Å². The van der Waals surface area contributed by atoms with E-state index in [1.807, 2.05) is 18.3 Å². The highest BCUT2D eigenvalue weighted by Crippen LogP contribution is 2.06. The van der Waals surface area contributed by atoms with Gasteiger partial charge in [-0.25, -0.2) is 0 Å². The third kappa shape index (κ3) is 4.29. The number of aliphatic hydroxyl groups excluding tert-OH is 1. The summed E-state index contributed by atoms with van der Waals surface area (Å²) in [6.07, 6.45) is 6.96. The quantitative estimate of drug-likeness (QED) is 0.780. The molecule has 0 aliphatic rings. The Morgan fingerprint density at radius 3 is 3.08 bits per heavy atom. The molecule has 1 atom stereocenters. The lowest BCUT2D eigenvalue weighted by Gasteiger charge is -2.08. The molecule has 0 bridgehead atoms. The molecule has 0 aliphatic carbocycles. The molecule has 0 saturated carbocycles. The van der Waals surface area contributed by atoms with Crippen LogP contribution in [-0.4, -0.2) is 28.2 Å². The predicted octanol–water partition coefficient (Wildman–Crippen LogP) is 1.74. The third-order valence-electron chi connectivity index (χ3n) is 1.85. The van der Waals surface area contributed by atoms with E-state index in [1.54, 1.807) is 18.0 Å². The highest BCUT2D eigenvalue weighted by atomic mass is 32.2. The van der Waals surface area contributed by atoms with Gasteiger partial charge in [-0.3, -0.25) is 4.98 Å². The number of thioether (sulfide) groups is 1. The Labute approximate surface area is 83.4 Å². The normalized spacial score (nSPS) is 12.8. The Kier molecular flexibility index (Phi) is 4.86. The van der Waals surface area contributed by atoms with Crippen LogP contribution < -0.4 is 0 Å². The van der Waals surface area contributed by atoms with Gasteiger partial charge in [-0.05, 0) is 36.5 Å². The molecule has 0 fully saturated rings. The molecule has 72 valence electrons. The van der Waals surface area contributed by atoms with Gasteiger partial charge < -0.3 is 5.11 Å². The van der Waals surface area contributed by atoms with Crippen LogP contribution in [0.1, 0.15) is 12.0 Å². The van der Waals surface area contributed by atoms with Crippen LogP contribution in [0.3, 0.4) is 0 Å². The maximum absolute atomic E-state index is 9.59. The van der Waals surface area contributed by atoms with Crippen molar-refractivity contribution in [3.63, 3.8) is 0 Å². The topological polar surface area (TPSA) is 33.1 Å². The number of nitrogens with zero attached hydrogens (tertiary/aromatic N) is 1. The predicted molar refractivity (Wildman–Crippen MR) is 56.9 cm³/mol. The summed E-state index contributed by atoms with van der Waals surface area (Å²) in [5.74, 6) is 1.02. The molecule has 0 amide bonds. The maximum atomic E-state index is 9.59. The van der Waals surface area contributed by atoms with Crippen LogP contribution in [0, 0.1) is 0 Å². The molecule has 0 aromatic carbocycles. The molecule has 1 heterocycles. The number of hydrogen-bond acceptors (Lipinski definition) is 3. The van der Waals surface area contributed by atoms with E-state index in [9.17, 15) is 5.11 Å². The summed E-state index contributed by atoms with van der Waals surface area (Å²) in [4.78, 5) is 4.00. The highest BCUT2D eigenvalue weighted by molar-refractivity contribution is 7.98. The van der Waals surface area contributed by atoms with Gasteiger partial charge in [0.2, 0.25) is 0 Å². The third-order valence-corrected chi connectivity index (χ3v) is 2.49. The Morgan fingerprint density at radius 1 is 1.62 bits per heavy atom. The van der Waals surface area contributed by atoms with Crippen LogP contribution in [-0.2, 0) is 6.42 Å². The van der Waals surface area contributed by atoms with E-state index in [2.05, 4.69) is 11.2 Å². The number of pyridine rings is 1. The average molecular weight is 197 g/mol. The molecule has 0 spiro atoms. The second-order valence-electron chi connectivity index (χ2n) is 3.00. The molecule has 1 aromatic heterocycles. The zero-order valence-electron chi connectivity index (χ0n) is 7.81. The summed E-state index contributed by atoms with van der Waals surface area (Å²) in [6.45, 7) is 0. The number of aromatic nitrogens is 1. The van der Waals surface area contributed by atoms with Crippen LogP contribution in [0.25, 0.3) is 0 Å². The molecule has 1 aromatic rings. The first-order valence-electron chi connectivity index (χ1n) is 4.39. The van der Waals surface area contributed by atoms with Crippen molar-refractivity contribution in [1.29, 1.82) is 0 Å². The molecule has 0 saturated heterocycles. The molecule has 13 heavy (non-hydrogen) atoms. The van der Waals surface area contributed by atoms with Crippen LogP contribution in [0.4, 0.5) is 0 Å². The highest BCUT2D eigenvalue weighted by Gasteiger charge is 2.04. The lowest BCUT2D eigenvalue weighted by molar-refractivity contribution is 0.172. The van der Waals surface area contributed by atoms with Gasteiger partial charge in [0.25, 0.3) is 0 Å². The van der Waals surface area contributed by atoms with Gasteiger partial charge in [-0.2, -0.15) is 11.8 Å². The van der Waals surface area contributed by atoms with Crippen LogP contribution >= 0.6 is 11.8 Å². The van der Waals surface area contributed by atoms with Crippen molar-refractivity contribution < 1.29 is 5.11 Å². The van der Waals surface area contributed by atoms with E-state index < -0.39 is 0 Å². The minimum Gasteiger partial charge on any atom is -0.393 e. The Morgan fingerprint density at radius 2 is 2.46 bits per heavy atom. The smallest absolute Gasteiger partial charge is 0.0589 e. The minimum atomic E-state index is -0.225. The second-order valence-corrected chi connectivity index (χ2v) is 3.99. The average Bonchev–Trinajstić information content (AvgIpc) is 2.16. The zero-order valence-corrected chi connectivity index (χ0v) is 8.63. The van der Waals surface area contributed by atoms with E-state index in [0.29, 0.717) is 6.42 Å². The summed E-state index contributed by atoms with van der Waals surface area (Å²) in [6, 6.07) is 3.89. The summed E-state index contributed by atoms with van der Waals surface area (Å²) in [5, 5.41) is 9.59. The fourth-order valence-corrected chi connectivity index (χ4v) is 1.65. The monoisotopic (exact) mass is 197 g/mol. The summed E-state index contributed by atoms with van der Waals surface area (Å²) >= 11 is 1.76. The lowest BCUT2D eigenvalue weighted by Crippen LogP contribution is -2.11. The van der Waals surface area contributed by atoms with Gasteiger partial charge in [0.05, 0.1) is 6.10 Å². The van der Waals surface area contributed by atoms with Crippen LogP contribution in [0.15, 0.2) is 24.5 Å². The summed E-state index contributed by atoms with van der Waals surface area (Å²) < 4.78 is 0. The molecule has 0 aliphatic heterocycles.